The first-order valence-corrected chi connectivity index (χ1v) is 9.10. The number of amides is 1. The number of hydrogen-bond acceptors (Lipinski definition) is 5. The molecule has 0 saturated carbocycles. The van der Waals surface area contributed by atoms with E-state index in [1.165, 1.54) is 4.68 Å². The summed E-state index contributed by atoms with van der Waals surface area (Å²) in [6.45, 7) is 6.15. The summed E-state index contributed by atoms with van der Waals surface area (Å²) in [5.41, 5.74) is 3.28. The minimum atomic E-state index is -0.116. The number of ether oxygens (including phenoxy) is 1. The summed E-state index contributed by atoms with van der Waals surface area (Å²) in [4.78, 5) is 26.4. The number of benzene rings is 1. The molecule has 7 nitrogen and oxygen atoms in total. The lowest BCUT2D eigenvalue weighted by Crippen LogP contribution is -2.31. The smallest absolute Gasteiger partial charge is 0.268 e. The molecule has 2 heterocycles. The number of aryl methyl sites for hydroxylation is 3. The van der Waals surface area contributed by atoms with Gasteiger partial charge in [-0.1, -0.05) is 0 Å². The van der Waals surface area contributed by atoms with E-state index in [-0.39, 0.29) is 11.5 Å². The molecule has 1 aliphatic heterocycles. The Kier molecular flexibility index (Phi) is 5.48. The second-order valence-electron chi connectivity index (χ2n) is 7.13. The Balaban J connectivity index is 1.58. The van der Waals surface area contributed by atoms with E-state index < -0.39 is 0 Å². The summed E-state index contributed by atoms with van der Waals surface area (Å²) in [5, 5.41) is 7.11. The molecule has 0 spiro atoms. The van der Waals surface area contributed by atoms with Crippen LogP contribution in [0.1, 0.15) is 27.9 Å². The summed E-state index contributed by atoms with van der Waals surface area (Å²) < 4.78 is 6.67. The van der Waals surface area contributed by atoms with Crippen molar-refractivity contribution in [2.75, 3.05) is 31.6 Å². The van der Waals surface area contributed by atoms with E-state index in [4.69, 9.17) is 4.74 Å². The highest BCUT2D eigenvalue weighted by atomic mass is 16.5. The second-order valence-corrected chi connectivity index (χ2v) is 7.13. The molecule has 1 amide bonds. The van der Waals surface area contributed by atoms with Crippen LogP contribution in [0.25, 0.3) is 0 Å². The van der Waals surface area contributed by atoms with Crippen LogP contribution in [0.4, 0.5) is 5.69 Å². The molecular weight excluding hydrogens is 344 g/mol. The number of nitrogens with one attached hydrogen (secondary N) is 1. The third-order valence-electron chi connectivity index (χ3n) is 5.08. The van der Waals surface area contributed by atoms with Gasteiger partial charge >= 0.3 is 0 Å². The van der Waals surface area contributed by atoms with Crippen LogP contribution >= 0.6 is 0 Å². The third-order valence-corrected chi connectivity index (χ3v) is 5.08. The highest BCUT2D eigenvalue weighted by Crippen LogP contribution is 2.25. The fraction of sp³-hybridized carbons (Fsp3) is 0.450. The molecule has 1 N–H and O–H groups in total. The Morgan fingerprint density at radius 1 is 1.30 bits per heavy atom. The maximum atomic E-state index is 12.5. The molecule has 3 rings (SSSR count). The van der Waals surface area contributed by atoms with Gasteiger partial charge in [0, 0.05) is 38.3 Å². The highest BCUT2D eigenvalue weighted by molar-refractivity contribution is 5.94. The van der Waals surface area contributed by atoms with Crippen molar-refractivity contribution in [1.29, 1.82) is 0 Å². The molecule has 0 bridgehead atoms. The van der Waals surface area contributed by atoms with Gasteiger partial charge in [0.2, 0.25) is 0 Å². The maximum Gasteiger partial charge on any atom is 0.268 e. The Hall–Kier alpha value is -2.83. The fourth-order valence-corrected chi connectivity index (χ4v) is 3.61. The number of aromatic nitrogens is 2. The average Bonchev–Trinajstić information content (AvgIpc) is 3.10. The summed E-state index contributed by atoms with van der Waals surface area (Å²) in [6, 6.07) is 5.32. The Labute approximate surface area is 158 Å². The zero-order valence-electron chi connectivity index (χ0n) is 16.3. The Morgan fingerprint density at radius 3 is 2.63 bits per heavy atom. The zero-order chi connectivity index (χ0) is 19.6. The molecule has 1 fully saturated rings. The van der Waals surface area contributed by atoms with E-state index in [2.05, 4.69) is 15.3 Å². The molecule has 7 heteroatoms. The lowest BCUT2D eigenvalue weighted by molar-refractivity contribution is 0.0948. The van der Waals surface area contributed by atoms with Gasteiger partial charge in [-0.15, -0.1) is 0 Å². The van der Waals surface area contributed by atoms with Crippen LogP contribution in [-0.2, 0) is 7.05 Å². The second kappa shape index (κ2) is 7.82. The molecule has 1 saturated heterocycles. The van der Waals surface area contributed by atoms with Gasteiger partial charge in [-0.3, -0.25) is 9.59 Å². The number of nitrogens with zero attached hydrogens (tertiary/aromatic N) is 3. The molecule has 1 aliphatic rings. The first-order chi connectivity index (χ1) is 12.9. The minimum absolute atomic E-state index is 0.0717. The molecule has 144 valence electrons. The number of anilines is 1. The molecular formula is C20H26N4O3. The van der Waals surface area contributed by atoms with Gasteiger partial charge < -0.3 is 15.0 Å². The van der Waals surface area contributed by atoms with Crippen molar-refractivity contribution in [3.05, 3.63) is 51.4 Å². The molecule has 0 radical (unpaired) electrons. The van der Waals surface area contributed by atoms with Crippen molar-refractivity contribution < 1.29 is 9.53 Å². The molecule has 1 aromatic heterocycles. The largest absolute Gasteiger partial charge is 0.496 e. The quantitative estimate of drug-likeness (QED) is 0.866. The van der Waals surface area contributed by atoms with E-state index in [1.807, 2.05) is 26.0 Å². The lowest BCUT2D eigenvalue weighted by Gasteiger charge is -2.18. The normalized spacial score (nSPS) is 16.4. The molecule has 0 aliphatic carbocycles. The zero-order valence-corrected chi connectivity index (χ0v) is 16.3. The van der Waals surface area contributed by atoms with E-state index in [0.29, 0.717) is 18.0 Å². The van der Waals surface area contributed by atoms with Crippen LogP contribution in [0.3, 0.4) is 0 Å². The Morgan fingerprint density at radius 2 is 2.00 bits per heavy atom. The predicted octanol–water partition coefficient (Wildman–Crippen LogP) is 1.66. The highest BCUT2D eigenvalue weighted by Gasteiger charge is 2.24. The SMILES string of the molecule is COc1c(C)cc(C(=O)NC[C@H]2CCN(c3cnn(C)c(=O)c3)C2)cc1C. The van der Waals surface area contributed by atoms with Crippen molar-refractivity contribution in [2.24, 2.45) is 13.0 Å². The van der Waals surface area contributed by atoms with Gasteiger partial charge in [0.25, 0.3) is 11.5 Å². The Bertz CT molecular complexity index is 883. The van der Waals surface area contributed by atoms with E-state index in [9.17, 15) is 9.59 Å². The standard InChI is InChI=1S/C20H26N4O3/c1-13-7-16(8-14(2)19(13)27-4)20(26)21-10-15-5-6-24(12-15)17-9-18(25)23(3)22-11-17/h7-9,11,15H,5-6,10,12H2,1-4H3,(H,21,26)/t15-/m1/s1. The van der Waals surface area contributed by atoms with Crippen LogP contribution in [0.5, 0.6) is 5.75 Å². The van der Waals surface area contributed by atoms with Crippen LogP contribution < -0.4 is 20.5 Å². The van der Waals surface area contributed by atoms with Gasteiger partial charge in [0.15, 0.2) is 0 Å². The molecule has 27 heavy (non-hydrogen) atoms. The predicted molar refractivity (Wildman–Crippen MR) is 105 cm³/mol. The molecule has 0 unspecified atom stereocenters. The average molecular weight is 370 g/mol. The molecule has 1 aromatic carbocycles. The number of carbonyl (C=O) groups is 1. The van der Waals surface area contributed by atoms with Crippen molar-refractivity contribution in [3.63, 3.8) is 0 Å². The van der Waals surface area contributed by atoms with Gasteiger partial charge in [-0.25, -0.2) is 4.68 Å². The summed E-state index contributed by atoms with van der Waals surface area (Å²) in [5.74, 6) is 1.09. The van der Waals surface area contributed by atoms with Gasteiger partial charge in [0.1, 0.15) is 5.75 Å². The fourth-order valence-electron chi connectivity index (χ4n) is 3.61. The first-order valence-electron chi connectivity index (χ1n) is 9.10. The molecule has 1 atom stereocenters. The van der Waals surface area contributed by atoms with E-state index in [1.54, 1.807) is 26.4 Å². The van der Waals surface area contributed by atoms with Crippen molar-refractivity contribution in [3.8, 4) is 5.75 Å². The van der Waals surface area contributed by atoms with Gasteiger partial charge in [-0.05, 0) is 49.4 Å². The monoisotopic (exact) mass is 370 g/mol. The number of methoxy groups -OCH3 is 1. The van der Waals surface area contributed by atoms with Crippen LogP contribution in [-0.4, -0.2) is 42.4 Å². The van der Waals surface area contributed by atoms with Crippen molar-refractivity contribution in [1.82, 2.24) is 15.1 Å². The number of rotatable bonds is 5. The van der Waals surface area contributed by atoms with Crippen molar-refractivity contribution >= 4 is 11.6 Å². The van der Waals surface area contributed by atoms with Crippen LogP contribution in [0, 0.1) is 19.8 Å². The summed E-state index contributed by atoms with van der Waals surface area (Å²) in [6.07, 6.45) is 2.68. The third kappa shape index (κ3) is 4.13. The van der Waals surface area contributed by atoms with Gasteiger partial charge in [-0.2, -0.15) is 5.10 Å². The van der Waals surface area contributed by atoms with Crippen LogP contribution in [0.2, 0.25) is 0 Å². The van der Waals surface area contributed by atoms with Gasteiger partial charge in [0.05, 0.1) is 19.0 Å². The molecule has 2 aromatic rings. The number of hydrogen-bond donors (Lipinski definition) is 1. The minimum Gasteiger partial charge on any atom is -0.496 e. The summed E-state index contributed by atoms with van der Waals surface area (Å²) in [7, 11) is 3.27. The number of carbonyl (C=O) groups excluding carboxylic acids is 1. The van der Waals surface area contributed by atoms with E-state index >= 15 is 0 Å². The lowest BCUT2D eigenvalue weighted by atomic mass is 10.0. The van der Waals surface area contributed by atoms with Crippen LogP contribution in [0.15, 0.2) is 29.2 Å². The maximum absolute atomic E-state index is 12.5. The summed E-state index contributed by atoms with van der Waals surface area (Å²) >= 11 is 0. The first kappa shape index (κ1) is 18.9. The van der Waals surface area contributed by atoms with E-state index in [0.717, 1.165) is 42.1 Å². The van der Waals surface area contributed by atoms with Crippen molar-refractivity contribution in [2.45, 2.75) is 20.3 Å². The topological polar surface area (TPSA) is 76.5 Å².